The van der Waals surface area contributed by atoms with Crippen LogP contribution in [0.1, 0.15) is 42.6 Å². The lowest BCUT2D eigenvalue weighted by Crippen LogP contribution is -2.22. The van der Waals surface area contributed by atoms with Gasteiger partial charge in [0, 0.05) is 24.2 Å². The summed E-state index contributed by atoms with van der Waals surface area (Å²) in [4.78, 5) is 0. The third kappa shape index (κ3) is 6.15. The highest BCUT2D eigenvalue weighted by atomic mass is 19.4. The third-order valence-electron chi connectivity index (χ3n) is 4.10. The minimum absolute atomic E-state index is 0.0372. The summed E-state index contributed by atoms with van der Waals surface area (Å²) < 4.78 is 44.4. The van der Waals surface area contributed by atoms with Gasteiger partial charge >= 0.3 is 6.18 Å². The zero-order valence-corrected chi connectivity index (χ0v) is 15.1. The zero-order valence-electron chi connectivity index (χ0n) is 15.1. The molecule has 0 saturated carbocycles. The molecule has 3 N–H and O–H groups in total. The first-order valence-corrected chi connectivity index (χ1v) is 8.82. The molecule has 0 radical (unpaired) electrons. The average molecular weight is 383 g/mol. The molecule has 2 rings (SSSR count). The molecule has 0 fully saturated rings. The van der Waals surface area contributed by atoms with Crippen molar-refractivity contribution in [1.82, 2.24) is 5.32 Å². The van der Waals surface area contributed by atoms with Gasteiger partial charge in [-0.25, -0.2) is 0 Å². The number of phenolic OH excluding ortho intramolecular Hbond substituents is 1. The molecule has 1 unspecified atom stereocenters. The van der Waals surface area contributed by atoms with E-state index < -0.39 is 17.8 Å². The van der Waals surface area contributed by atoms with E-state index in [-0.39, 0.29) is 24.7 Å². The minimum atomic E-state index is -4.48. The van der Waals surface area contributed by atoms with Crippen molar-refractivity contribution >= 4 is 0 Å². The normalized spacial score (nSPS) is 12.8. The molecule has 0 bridgehead atoms. The van der Waals surface area contributed by atoms with E-state index in [0.717, 1.165) is 18.6 Å². The van der Waals surface area contributed by atoms with Crippen LogP contribution < -0.4 is 10.1 Å². The van der Waals surface area contributed by atoms with Crippen LogP contribution in [0, 0.1) is 0 Å². The molecule has 2 aromatic carbocycles. The highest BCUT2D eigenvalue weighted by Gasteiger charge is 2.31. The maximum Gasteiger partial charge on any atom is 0.416 e. The molecule has 0 spiro atoms. The molecular weight excluding hydrogens is 359 g/mol. The monoisotopic (exact) mass is 383 g/mol. The van der Waals surface area contributed by atoms with E-state index >= 15 is 0 Å². The first-order valence-electron chi connectivity index (χ1n) is 8.82. The van der Waals surface area contributed by atoms with Gasteiger partial charge in [0.15, 0.2) is 0 Å². The quantitative estimate of drug-likeness (QED) is 0.561. The SMILES string of the molecule is CCCCOc1cc(C(F)(F)F)ccc1C(O)CNCc1ccccc1O. The summed E-state index contributed by atoms with van der Waals surface area (Å²) in [5.41, 5.74) is 0.146. The Balaban J connectivity index is 2.08. The number of aliphatic hydroxyl groups is 1. The lowest BCUT2D eigenvalue weighted by molar-refractivity contribution is -0.137. The van der Waals surface area contributed by atoms with Crippen LogP contribution in [-0.2, 0) is 12.7 Å². The Morgan fingerprint density at radius 2 is 1.89 bits per heavy atom. The number of aromatic hydroxyl groups is 1. The number of nitrogens with one attached hydrogen (secondary N) is 1. The van der Waals surface area contributed by atoms with E-state index in [1.807, 2.05) is 6.92 Å². The summed E-state index contributed by atoms with van der Waals surface area (Å²) >= 11 is 0. The number of halogens is 3. The van der Waals surface area contributed by atoms with Gasteiger partial charge in [-0.1, -0.05) is 37.6 Å². The Hall–Kier alpha value is -2.25. The predicted octanol–water partition coefficient (Wildman–Crippen LogP) is 4.41. The summed E-state index contributed by atoms with van der Waals surface area (Å²) in [6.45, 7) is 2.65. The van der Waals surface area contributed by atoms with Crippen molar-refractivity contribution in [3.05, 3.63) is 59.2 Å². The Morgan fingerprint density at radius 1 is 1.15 bits per heavy atom. The number of rotatable bonds is 9. The lowest BCUT2D eigenvalue weighted by Gasteiger charge is -2.19. The summed E-state index contributed by atoms with van der Waals surface area (Å²) in [6.07, 6.45) is -3.97. The van der Waals surface area contributed by atoms with Crippen molar-refractivity contribution < 1.29 is 28.1 Å². The predicted molar refractivity (Wildman–Crippen MR) is 96.6 cm³/mol. The van der Waals surface area contributed by atoms with E-state index in [0.29, 0.717) is 24.1 Å². The molecule has 0 aliphatic heterocycles. The fourth-order valence-electron chi connectivity index (χ4n) is 2.55. The van der Waals surface area contributed by atoms with Gasteiger partial charge in [-0.3, -0.25) is 0 Å². The molecule has 148 valence electrons. The number of para-hydroxylation sites is 1. The fraction of sp³-hybridized carbons (Fsp3) is 0.400. The first-order chi connectivity index (χ1) is 12.8. The van der Waals surface area contributed by atoms with Gasteiger partial charge in [0.2, 0.25) is 0 Å². The smallest absolute Gasteiger partial charge is 0.416 e. The molecule has 27 heavy (non-hydrogen) atoms. The maximum absolute atomic E-state index is 13.0. The van der Waals surface area contributed by atoms with Gasteiger partial charge < -0.3 is 20.3 Å². The fourth-order valence-corrected chi connectivity index (χ4v) is 2.55. The van der Waals surface area contributed by atoms with Crippen LogP contribution >= 0.6 is 0 Å². The molecule has 7 heteroatoms. The number of benzene rings is 2. The number of ether oxygens (including phenoxy) is 1. The van der Waals surface area contributed by atoms with Crippen molar-refractivity contribution in [3.63, 3.8) is 0 Å². The summed E-state index contributed by atoms with van der Waals surface area (Å²) in [5.74, 6) is 0.174. The van der Waals surface area contributed by atoms with E-state index in [4.69, 9.17) is 4.74 Å². The second-order valence-corrected chi connectivity index (χ2v) is 6.23. The van der Waals surface area contributed by atoms with Gasteiger partial charge in [0.25, 0.3) is 0 Å². The lowest BCUT2D eigenvalue weighted by atomic mass is 10.0. The van der Waals surface area contributed by atoms with Gasteiger partial charge in [-0.15, -0.1) is 0 Å². The molecule has 0 aliphatic carbocycles. The van der Waals surface area contributed by atoms with Crippen molar-refractivity contribution in [3.8, 4) is 11.5 Å². The van der Waals surface area contributed by atoms with E-state index in [1.54, 1.807) is 24.3 Å². The second-order valence-electron chi connectivity index (χ2n) is 6.23. The zero-order chi connectivity index (χ0) is 19.9. The van der Waals surface area contributed by atoms with Gasteiger partial charge in [-0.05, 0) is 24.6 Å². The largest absolute Gasteiger partial charge is 0.508 e. The highest BCUT2D eigenvalue weighted by molar-refractivity contribution is 5.40. The Bertz CT molecular complexity index is 735. The second kappa shape index (κ2) is 9.62. The van der Waals surface area contributed by atoms with Crippen LogP contribution in [0.15, 0.2) is 42.5 Å². The van der Waals surface area contributed by atoms with Crippen LogP contribution in [0.3, 0.4) is 0 Å². The molecular formula is C20H24F3NO3. The standard InChI is InChI=1S/C20H24F3NO3/c1-2-3-10-27-19-11-15(20(21,22)23)8-9-16(19)18(26)13-24-12-14-6-4-5-7-17(14)25/h4-9,11,18,24-26H,2-3,10,12-13H2,1H3. The van der Waals surface area contributed by atoms with Crippen LogP contribution in [-0.4, -0.2) is 23.4 Å². The van der Waals surface area contributed by atoms with Crippen molar-refractivity contribution in [2.45, 2.75) is 38.6 Å². The van der Waals surface area contributed by atoms with Crippen molar-refractivity contribution in [1.29, 1.82) is 0 Å². The molecule has 0 heterocycles. The van der Waals surface area contributed by atoms with Crippen LogP contribution in [0.25, 0.3) is 0 Å². The topological polar surface area (TPSA) is 61.7 Å². The minimum Gasteiger partial charge on any atom is -0.508 e. The number of unbranched alkanes of at least 4 members (excludes halogenated alkanes) is 1. The highest BCUT2D eigenvalue weighted by Crippen LogP contribution is 2.35. The average Bonchev–Trinajstić information content (AvgIpc) is 2.62. The van der Waals surface area contributed by atoms with E-state index in [9.17, 15) is 23.4 Å². The van der Waals surface area contributed by atoms with Gasteiger partial charge in [-0.2, -0.15) is 13.2 Å². The number of hydrogen-bond donors (Lipinski definition) is 3. The summed E-state index contributed by atoms with van der Waals surface area (Å²) in [6, 6.07) is 9.90. The maximum atomic E-state index is 13.0. The van der Waals surface area contributed by atoms with Crippen LogP contribution in [0.5, 0.6) is 11.5 Å². The van der Waals surface area contributed by atoms with Crippen molar-refractivity contribution in [2.24, 2.45) is 0 Å². The van der Waals surface area contributed by atoms with Gasteiger partial charge in [0.05, 0.1) is 18.3 Å². The molecule has 0 aromatic heterocycles. The van der Waals surface area contributed by atoms with Crippen molar-refractivity contribution in [2.75, 3.05) is 13.2 Å². The summed E-state index contributed by atoms with van der Waals surface area (Å²) in [7, 11) is 0. The molecule has 0 amide bonds. The number of hydrogen-bond acceptors (Lipinski definition) is 4. The van der Waals surface area contributed by atoms with Crippen LogP contribution in [0.2, 0.25) is 0 Å². The number of aliphatic hydroxyl groups excluding tert-OH is 1. The summed E-state index contributed by atoms with van der Waals surface area (Å²) in [5, 5.41) is 23.1. The van der Waals surface area contributed by atoms with E-state index in [2.05, 4.69) is 5.32 Å². The van der Waals surface area contributed by atoms with Gasteiger partial charge in [0.1, 0.15) is 11.5 Å². The molecule has 2 aromatic rings. The number of alkyl halides is 3. The molecule has 0 saturated heterocycles. The first kappa shape index (κ1) is 21.1. The Labute approximate surface area is 156 Å². The Kier molecular flexibility index (Phi) is 7.50. The van der Waals surface area contributed by atoms with Crippen LogP contribution in [0.4, 0.5) is 13.2 Å². The molecule has 0 aliphatic rings. The van der Waals surface area contributed by atoms with E-state index in [1.165, 1.54) is 6.07 Å². The Morgan fingerprint density at radius 3 is 2.56 bits per heavy atom. The third-order valence-corrected chi connectivity index (χ3v) is 4.10. The number of phenols is 1. The molecule has 4 nitrogen and oxygen atoms in total. The molecule has 1 atom stereocenters.